The highest BCUT2D eigenvalue weighted by Crippen LogP contribution is 2.38. The van der Waals surface area contributed by atoms with Gasteiger partial charge in [0, 0.05) is 0 Å². The van der Waals surface area contributed by atoms with E-state index in [-0.39, 0.29) is 10.8 Å². The minimum absolute atomic E-state index is 0.0438. The van der Waals surface area contributed by atoms with Gasteiger partial charge in [-0.3, -0.25) is 0 Å². The molecule has 0 aliphatic carbocycles. The van der Waals surface area contributed by atoms with Crippen molar-refractivity contribution < 1.29 is 0 Å². The summed E-state index contributed by atoms with van der Waals surface area (Å²) < 4.78 is 0. The van der Waals surface area contributed by atoms with E-state index in [1.54, 1.807) is 0 Å². The van der Waals surface area contributed by atoms with Gasteiger partial charge in [-0.1, -0.05) is 75.4 Å². The lowest BCUT2D eigenvalue weighted by Crippen LogP contribution is -2.12. The van der Waals surface area contributed by atoms with Crippen molar-refractivity contribution in [2.75, 3.05) is 0 Å². The first kappa shape index (κ1) is 13.2. The summed E-state index contributed by atoms with van der Waals surface area (Å²) in [5, 5.41) is 0.0438. The maximum absolute atomic E-state index is 6.48. The largest absolute Gasteiger partial charge is 0.117 e. The number of alkyl halides is 1. The topological polar surface area (TPSA) is 0 Å². The zero-order valence-corrected chi connectivity index (χ0v) is 11.9. The van der Waals surface area contributed by atoms with E-state index >= 15 is 0 Å². The third-order valence-corrected chi connectivity index (χ3v) is 3.98. The Hall–Kier alpha value is -1.27. The molecule has 0 aliphatic heterocycles. The first-order chi connectivity index (χ1) is 8.48. The van der Waals surface area contributed by atoms with Gasteiger partial charge in [-0.15, -0.1) is 11.6 Å². The van der Waals surface area contributed by atoms with Crippen LogP contribution in [0.4, 0.5) is 0 Å². The third kappa shape index (κ3) is 2.94. The molecular formula is C17H19Cl. The highest BCUT2D eigenvalue weighted by atomic mass is 35.5. The summed E-state index contributed by atoms with van der Waals surface area (Å²) >= 11 is 6.48. The molecule has 0 bridgehead atoms. The Labute approximate surface area is 115 Å². The van der Waals surface area contributed by atoms with E-state index in [9.17, 15) is 0 Å². The van der Waals surface area contributed by atoms with Crippen LogP contribution in [0.5, 0.6) is 0 Å². The Morgan fingerprint density at radius 2 is 1.28 bits per heavy atom. The molecule has 0 radical (unpaired) electrons. The smallest absolute Gasteiger partial charge is 0.0633 e. The minimum Gasteiger partial charge on any atom is -0.117 e. The van der Waals surface area contributed by atoms with Gasteiger partial charge in [0.05, 0.1) is 5.38 Å². The van der Waals surface area contributed by atoms with Gasteiger partial charge in [-0.25, -0.2) is 0 Å². The maximum Gasteiger partial charge on any atom is 0.0633 e. The Kier molecular flexibility index (Phi) is 3.77. The second-order valence-electron chi connectivity index (χ2n) is 5.72. The summed E-state index contributed by atoms with van der Waals surface area (Å²) in [7, 11) is 0. The summed E-state index contributed by atoms with van der Waals surface area (Å²) in [5.74, 6) is 0. The Morgan fingerprint density at radius 1 is 0.778 bits per heavy atom. The number of hydrogen-bond acceptors (Lipinski definition) is 0. The Balaban J connectivity index is 2.26. The van der Waals surface area contributed by atoms with Crippen molar-refractivity contribution in [3.8, 4) is 11.1 Å². The van der Waals surface area contributed by atoms with E-state index < -0.39 is 0 Å². The Morgan fingerprint density at radius 3 is 1.78 bits per heavy atom. The molecule has 1 atom stereocenters. The molecule has 0 heterocycles. The van der Waals surface area contributed by atoms with Crippen LogP contribution in [0.15, 0.2) is 54.6 Å². The van der Waals surface area contributed by atoms with E-state index in [1.165, 1.54) is 16.7 Å². The number of benzene rings is 2. The molecule has 0 fully saturated rings. The lowest BCUT2D eigenvalue weighted by atomic mass is 9.87. The van der Waals surface area contributed by atoms with Crippen LogP contribution in [-0.2, 0) is 0 Å². The summed E-state index contributed by atoms with van der Waals surface area (Å²) in [4.78, 5) is 0. The van der Waals surface area contributed by atoms with Gasteiger partial charge in [0.15, 0.2) is 0 Å². The van der Waals surface area contributed by atoms with Crippen LogP contribution in [0.1, 0.15) is 31.7 Å². The van der Waals surface area contributed by atoms with Crippen LogP contribution in [0, 0.1) is 5.41 Å². The first-order valence-corrected chi connectivity index (χ1v) is 6.71. The normalized spacial score (nSPS) is 13.3. The standard InChI is InChI=1S/C17H19Cl/c1-17(2,3)16(18)15-11-9-14(10-12-15)13-7-5-4-6-8-13/h4-12,16H,1-3H3. The van der Waals surface area contributed by atoms with E-state index in [4.69, 9.17) is 11.6 Å². The molecule has 18 heavy (non-hydrogen) atoms. The predicted octanol–water partition coefficient (Wildman–Crippen LogP) is 5.68. The van der Waals surface area contributed by atoms with E-state index in [2.05, 4.69) is 69.3 Å². The minimum atomic E-state index is 0.0438. The third-order valence-electron chi connectivity index (χ3n) is 3.07. The van der Waals surface area contributed by atoms with Gasteiger partial charge < -0.3 is 0 Å². The van der Waals surface area contributed by atoms with Crippen molar-refractivity contribution in [2.24, 2.45) is 5.41 Å². The average molecular weight is 259 g/mol. The van der Waals surface area contributed by atoms with Crippen molar-refractivity contribution in [1.29, 1.82) is 0 Å². The lowest BCUT2D eigenvalue weighted by molar-refractivity contribution is 0.396. The van der Waals surface area contributed by atoms with Gasteiger partial charge in [-0.2, -0.15) is 0 Å². The fourth-order valence-corrected chi connectivity index (χ4v) is 2.12. The van der Waals surface area contributed by atoms with Gasteiger partial charge in [0.1, 0.15) is 0 Å². The zero-order chi connectivity index (χ0) is 13.2. The molecule has 2 rings (SSSR count). The lowest BCUT2D eigenvalue weighted by Gasteiger charge is -2.25. The fraction of sp³-hybridized carbons (Fsp3) is 0.294. The second-order valence-corrected chi connectivity index (χ2v) is 6.15. The van der Waals surface area contributed by atoms with Gasteiger partial charge in [0.25, 0.3) is 0 Å². The first-order valence-electron chi connectivity index (χ1n) is 6.28. The van der Waals surface area contributed by atoms with Gasteiger partial charge >= 0.3 is 0 Å². The molecule has 2 aromatic rings. The van der Waals surface area contributed by atoms with E-state index in [0.717, 1.165) is 0 Å². The molecule has 94 valence electrons. The molecule has 0 spiro atoms. The Bertz CT molecular complexity index is 491. The zero-order valence-electron chi connectivity index (χ0n) is 11.2. The van der Waals surface area contributed by atoms with Crippen LogP contribution < -0.4 is 0 Å². The van der Waals surface area contributed by atoms with E-state index in [1.807, 2.05) is 6.07 Å². The van der Waals surface area contributed by atoms with Crippen molar-refractivity contribution >= 4 is 11.6 Å². The molecule has 0 aromatic heterocycles. The van der Waals surface area contributed by atoms with Crippen LogP contribution >= 0.6 is 11.6 Å². The van der Waals surface area contributed by atoms with E-state index in [0.29, 0.717) is 0 Å². The van der Waals surface area contributed by atoms with Crippen molar-refractivity contribution in [1.82, 2.24) is 0 Å². The van der Waals surface area contributed by atoms with Crippen LogP contribution in [0.3, 0.4) is 0 Å². The SMILES string of the molecule is CC(C)(C)C(Cl)c1ccc(-c2ccccc2)cc1. The summed E-state index contributed by atoms with van der Waals surface area (Å²) in [5.41, 5.74) is 3.74. The summed E-state index contributed by atoms with van der Waals surface area (Å²) in [6, 6.07) is 18.9. The highest BCUT2D eigenvalue weighted by molar-refractivity contribution is 6.21. The van der Waals surface area contributed by atoms with Crippen molar-refractivity contribution in [3.63, 3.8) is 0 Å². The molecule has 0 nitrogen and oxygen atoms in total. The van der Waals surface area contributed by atoms with Crippen molar-refractivity contribution in [3.05, 3.63) is 60.2 Å². The molecule has 0 saturated carbocycles. The summed E-state index contributed by atoms with van der Waals surface area (Å²) in [6.45, 7) is 6.49. The number of halogens is 1. The van der Waals surface area contributed by atoms with Crippen LogP contribution in [0.2, 0.25) is 0 Å². The molecule has 0 amide bonds. The number of hydrogen-bond donors (Lipinski definition) is 0. The van der Waals surface area contributed by atoms with Crippen molar-refractivity contribution in [2.45, 2.75) is 26.1 Å². The monoisotopic (exact) mass is 258 g/mol. The molecule has 1 unspecified atom stereocenters. The van der Waals surface area contributed by atoms with Gasteiger partial charge in [-0.05, 0) is 22.1 Å². The molecule has 2 aromatic carbocycles. The molecule has 0 aliphatic rings. The van der Waals surface area contributed by atoms with Gasteiger partial charge in [0.2, 0.25) is 0 Å². The predicted molar refractivity (Wildman–Crippen MR) is 79.9 cm³/mol. The quantitative estimate of drug-likeness (QED) is 0.608. The molecular weight excluding hydrogens is 240 g/mol. The van der Waals surface area contributed by atoms with Crippen LogP contribution in [-0.4, -0.2) is 0 Å². The number of rotatable bonds is 2. The highest BCUT2D eigenvalue weighted by Gasteiger charge is 2.23. The fourth-order valence-electron chi connectivity index (χ4n) is 1.98. The molecule has 0 N–H and O–H groups in total. The molecule has 1 heteroatoms. The summed E-state index contributed by atoms with van der Waals surface area (Å²) in [6.07, 6.45) is 0. The molecule has 0 saturated heterocycles. The maximum atomic E-state index is 6.48. The second kappa shape index (κ2) is 5.16. The average Bonchev–Trinajstić information content (AvgIpc) is 2.38. The van der Waals surface area contributed by atoms with Crippen LogP contribution in [0.25, 0.3) is 11.1 Å².